The van der Waals surface area contributed by atoms with Crippen molar-refractivity contribution in [2.45, 2.75) is 18.7 Å². The number of nitrogens with one attached hydrogen (secondary N) is 1. The number of hydrogen-bond acceptors (Lipinski definition) is 7. The monoisotopic (exact) mass is 312 g/mol. The van der Waals surface area contributed by atoms with Gasteiger partial charge in [0.25, 0.3) is 10.0 Å². The molecule has 2 heterocycles. The molecule has 0 aliphatic carbocycles. The van der Waals surface area contributed by atoms with Crippen molar-refractivity contribution in [3.63, 3.8) is 0 Å². The second kappa shape index (κ2) is 5.20. The van der Waals surface area contributed by atoms with E-state index >= 15 is 0 Å². The molecule has 9 nitrogen and oxygen atoms in total. The number of methoxy groups -OCH3 is 1. The predicted molar refractivity (Wildman–Crippen MR) is 76.5 cm³/mol. The van der Waals surface area contributed by atoms with Gasteiger partial charge in [-0.15, -0.1) is 0 Å². The number of aryl methyl sites for hydroxylation is 2. The highest BCUT2D eigenvalue weighted by molar-refractivity contribution is 7.93. The van der Waals surface area contributed by atoms with Crippen molar-refractivity contribution in [2.75, 3.05) is 17.6 Å². The summed E-state index contributed by atoms with van der Waals surface area (Å²) in [4.78, 5) is 7.86. The molecule has 0 fully saturated rings. The highest BCUT2D eigenvalue weighted by Crippen LogP contribution is 2.23. The molecule has 0 unspecified atom stereocenters. The van der Waals surface area contributed by atoms with E-state index in [1.165, 1.54) is 11.8 Å². The zero-order chi connectivity index (χ0) is 15.8. The quantitative estimate of drug-likeness (QED) is 0.827. The fourth-order valence-electron chi connectivity index (χ4n) is 1.81. The van der Waals surface area contributed by atoms with E-state index < -0.39 is 10.0 Å². The molecule has 114 valence electrons. The van der Waals surface area contributed by atoms with Crippen LogP contribution in [0.5, 0.6) is 5.88 Å². The summed E-state index contributed by atoms with van der Waals surface area (Å²) < 4.78 is 33.5. The molecule has 21 heavy (non-hydrogen) atoms. The summed E-state index contributed by atoms with van der Waals surface area (Å²) in [6.45, 7) is 3.31. The Morgan fingerprint density at radius 2 is 2.00 bits per heavy atom. The highest BCUT2D eigenvalue weighted by atomic mass is 32.2. The van der Waals surface area contributed by atoms with Crippen LogP contribution in [0.4, 0.5) is 11.8 Å². The first-order valence-corrected chi connectivity index (χ1v) is 7.44. The van der Waals surface area contributed by atoms with Crippen LogP contribution in [0.1, 0.15) is 11.4 Å². The van der Waals surface area contributed by atoms with Crippen LogP contribution < -0.4 is 15.2 Å². The van der Waals surface area contributed by atoms with Gasteiger partial charge in [0.2, 0.25) is 11.8 Å². The zero-order valence-electron chi connectivity index (χ0n) is 12.1. The number of aromatic nitrogens is 4. The summed E-state index contributed by atoms with van der Waals surface area (Å²) >= 11 is 0. The number of nitrogen functional groups attached to an aromatic ring is 1. The normalized spacial score (nSPS) is 11.4. The van der Waals surface area contributed by atoms with Crippen LogP contribution in [0.25, 0.3) is 0 Å². The molecular weight excluding hydrogens is 296 g/mol. The number of nitrogens with two attached hydrogens (primary N) is 1. The Morgan fingerprint density at radius 1 is 1.33 bits per heavy atom. The third-order valence-electron chi connectivity index (χ3n) is 2.84. The minimum Gasteiger partial charge on any atom is -0.481 e. The van der Waals surface area contributed by atoms with E-state index in [-0.39, 0.29) is 22.5 Å². The first-order chi connectivity index (χ1) is 9.74. The average molecular weight is 312 g/mol. The second-order valence-corrected chi connectivity index (χ2v) is 6.02. The molecule has 0 saturated heterocycles. The number of anilines is 2. The SMILES string of the molecule is COc1cc(C)nc(NS(=O)(=O)c2c(N)nn(C)c2C)n1. The van der Waals surface area contributed by atoms with E-state index in [1.54, 1.807) is 27.0 Å². The zero-order valence-corrected chi connectivity index (χ0v) is 12.9. The van der Waals surface area contributed by atoms with Gasteiger partial charge in [-0.1, -0.05) is 0 Å². The Bertz CT molecular complexity index is 783. The predicted octanol–water partition coefficient (Wildman–Crippen LogP) is 0.219. The molecule has 0 amide bonds. The summed E-state index contributed by atoms with van der Waals surface area (Å²) in [7, 11) is -0.893. The molecule has 2 aromatic rings. The maximum Gasteiger partial charge on any atom is 0.269 e. The largest absolute Gasteiger partial charge is 0.481 e. The van der Waals surface area contributed by atoms with Crippen molar-refractivity contribution in [2.24, 2.45) is 7.05 Å². The average Bonchev–Trinajstić information content (AvgIpc) is 2.62. The summed E-state index contributed by atoms with van der Waals surface area (Å²) in [6.07, 6.45) is 0. The van der Waals surface area contributed by atoms with Crippen LogP contribution in [0, 0.1) is 13.8 Å². The number of nitrogens with zero attached hydrogens (tertiary/aromatic N) is 4. The Kier molecular flexibility index (Phi) is 3.73. The summed E-state index contributed by atoms with van der Waals surface area (Å²) in [5.74, 6) is 0.0905. The standard InChI is InChI=1S/C11H16N6O3S/c1-6-5-8(20-4)14-11(13-6)16-21(18,19)9-7(2)17(3)15-10(9)12/h5H,1-4H3,(H2,12,15)(H,13,14,16). The van der Waals surface area contributed by atoms with E-state index in [1.807, 2.05) is 0 Å². The van der Waals surface area contributed by atoms with Gasteiger partial charge in [0.15, 0.2) is 10.7 Å². The van der Waals surface area contributed by atoms with Crippen molar-refractivity contribution in [1.29, 1.82) is 0 Å². The van der Waals surface area contributed by atoms with Crippen molar-refractivity contribution in [3.05, 3.63) is 17.5 Å². The number of ether oxygens (including phenoxy) is 1. The lowest BCUT2D eigenvalue weighted by molar-refractivity contribution is 0.397. The molecule has 0 radical (unpaired) electrons. The van der Waals surface area contributed by atoms with Crippen LogP contribution in [0.3, 0.4) is 0 Å². The fourth-order valence-corrected chi connectivity index (χ4v) is 3.08. The first kappa shape index (κ1) is 15.0. The summed E-state index contributed by atoms with van der Waals surface area (Å²) in [6, 6.07) is 1.58. The van der Waals surface area contributed by atoms with Gasteiger partial charge in [0.05, 0.1) is 12.8 Å². The number of rotatable bonds is 4. The summed E-state index contributed by atoms with van der Waals surface area (Å²) in [5.41, 5.74) is 6.63. The van der Waals surface area contributed by atoms with E-state index in [2.05, 4.69) is 19.8 Å². The minimum atomic E-state index is -3.93. The smallest absolute Gasteiger partial charge is 0.269 e. The number of hydrogen-bond donors (Lipinski definition) is 2. The maximum atomic E-state index is 12.4. The Balaban J connectivity index is 2.44. The van der Waals surface area contributed by atoms with Gasteiger partial charge in [0, 0.05) is 18.8 Å². The molecule has 0 saturated carbocycles. The van der Waals surface area contributed by atoms with Crippen LogP contribution in [0.15, 0.2) is 11.0 Å². The molecule has 0 atom stereocenters. The fraction of sp³-hybridized carbons (Fsp3) is 0.364. The minimum absolute atomic E-state index is 0.0814. The van der Waals surface area contributed by atoms with Gasteiger partial charge in [-0.25, -0.2) is 18.1 Å². The molecule has 2 aromatic heterocycles. The third kappa shape index (κ3) is 2.89. The molecule has 2 rings (SSSR count). The summed E-state index contributed by atoms with van der Waals surface area (Å²) in [5, 5.41) is 3.88. The first-order valence-electron chi connectivity index (χ1n) is 5.96. The van der Waals surface area contributed by atoms with Crippen LogP contribution >= 0.6 is 0 Å². The molecule has 0 spiro atoms. The molecule has 10 heteroatoms. The van der Waals surface area contributed by atoms with Crippen LogP contribution in [-0.4, -0.2) is 35.3 Å². The van der Waals surface area contributed by atoms with Crippen LogP contribution in [0.2, 0.25) is 0 Å². The molecule has 0 aliphatic heterocycles. The van der Waals surface area contributed by atoms with Gasteiger partial charge in [-0.2, -0.15) is 10.1 Å². The topological polar surface area (TPSA) is 125 Å². The Labute approximate surface area is 122 Å². The van der Waals surface area contributed by atoms with E-state index in [4.69, 9.17) is 10.5 Å². The molecule has 0 aromatic carbocycles. The van der Waals surface area contributed by atoms with Crippen molar-refractivity contribution in [3.8, 4) is 5.88 Å². The molecule has 3 N–H and O–H groups in total. The van der Waals surface area contributed by atoms with Gasteiger partial charge in [0.1, 0.15) is 0 Å². The van der Waals surface area contributed by atoms with Gasteiger partial charge in [-0.05, 0) is 13.8 Å². The van der Waals surface area contributed by atoms with Crippen molar-refractivity contribution in [1.82, 2.24) is 19.7 Å². The van der Waals surface area contributed by atoms with Gasteiger partial charge >= 0.3 is 0 Å². The molecular formula is C11H16N6O3S. The van der Waals surface area contributed by atoms with Crippen LogP contribution in [-0.2, 0) is 17.1 Å². The maximum absolute atomic E-state index is 12.4. The Hall–Kier alpha value is -2.36. The van der Waals surface area contributed by atoms with Crippen molar-refractivity contribution < 1.29 is 13.2 Å². The van der Waals surface area contributed by atoms with Crippen molar-refractivity contribution >= 4 is 21.8 Å². The second-order valence-electron chi connectivity index (χ2n) is 4.40. The highest BCUT2D eigenvalue weighted by Gasteiger charge is 2.25. The van der Waals surface area contributed by atoms with E-state index in [0.717, 1.165) is 0 Å². The molecule has 0 bridgehead atoms. The lowest BCUT2D eigenvalue weighted by atomic mass is 10.4. The third-order valence-corrected chi connectivity index (χ3v) is 4.33. The van der Waals surface area contributed by atoms with Gasteiger partial charge in [-0.3, -0.25) is 4.68 Å². The van der Waals surface area contributed by atoms with E-state index in [0.29, 0.717) is 11.4 Å². The Morgan fingerprint density at radius 3 is 2.52 bits per heavy atom. The lowest BCUT2D eigenvalue weighted by Crippen LogP contribution is -2.17. The lowest BCUT2D eigenvalue weighted by Gasteiger charge is -2.08. The number of sulfonamides is 1. The van der Waals surface area contributed by atoms with E-state index in [9.17, 15) is 8.42 Å². The van der Waals surface area contributed by atoms with Gasteiger partial charge < -0.3 is 10.5 Å². The molecule has 0 aliphatic rings.